The van der Waals surface area contributed by atoms with Gasteiger partial charge in [-0.15, -0.1) is 11.3 Å². The van der Waals surface area contributed by atoms with Crippen molar-refractivity contribution in [2.75, 3.05) is 12.4 Å². The summed E-state index contributed by atoms with van der Waals surface area (Å²) >= 11 is 1.62. The van der Waals surface area contributed by atoms with Crippen LogP contribution in [0.2, 0.25) is 0 Å². The van der Waals surface area contributed by atoms with E-state index in [1.165, 1.54) is 6.92 Å². The first kappa shape index (κ1) is 15.4. The lowest BCUT2D eigenvalue weighted by atomic mass is 10.1. The van der Waals surface area contributed by atoms with E-state index >= 15 is 0 Å². The van der Waals surface area contributed by atoms with Gasteiger partial charge in [-0.3, -0.25) is 4.79 Å². The van der Waals surface area contributed by atoms with Gasteiger partial charge in [-0.05, 0) is 31.5 Å². The number of rotatable bonds is 3. The highest BCUT2D eigenvalue weighted by Crippen LogP contribution is 2.34. The lowest BCUT2D eigenvalue weighted by Gasteiger charge is -2.12. The third-order valence-corrected chi connectivity index (χ3v) is 4.46. The second-order valence-electron chi connectivity index (χ2n) is 5.32. The number of hydrogen-bond donors (Lipinski definition) is 1. The van der Waals surface area contributed by atoms with Gasteiger partial charge in [0.2, 0.25) is 5.91 Å². The Hall–Kier alpha value is -2.47. The number of anilines is 1. The molecule has 0 saturated heterocycles. The highest BCUT2D eigenvalue weighted by molar-refractivity contribution is 7.15. The lowest BCUT2D eigenvalue weighted by Crippen LogP contribution is -2.07. The van der Waals surface area contributed by atoms with E-state index in [2.05, 4.69) is 10.3 Å². The molecule has 2 heterocycles. The molecule has 0 bridgehead atoms. The molecular formula is C17H17N3O2S. The van der Waals surface area contributed by atoms with Crippen LogP contribution in [0.4, 0.5) is 5.69 Å². The molecule has 5 nitrogen and oxygen atoms in total. The third kappa shape index (κ3) is 3.03. The molecule has 0 aliphatic carbocycles. The normalized spacial score (nSPS) is 10.8. The average molecular weight is 327 g/mol. The highest BCUT2D eigenvalue weighted by atomic mass is 32.1. The van der Waals surface area contributed by atoms with E-state index in [0.29, 0.717) is 11.4 Å². The van der Waals surface area contributed by atoms with Crippen molar-refractivity contribution in [3.05, 3.63) is 35.0 Å². The third-order valence-electron chi connectivity index (χ3n) is 3.52. The number of carbonyl (C=O) groups excluding carboxylic acids is 1. The van der Waals surface area contributed by atoms with E-state index in [1.807, 2.05) is 38.2 Å². The van der Waals surface area contributed by atoms with Crippen molar-refractivity contribution in [2.24, 2.45) is 0 Å². The van der Waals surface area contributed by atoms with Crippen molar-refractivity contribution >= 4 is 33.8 Å². The Labute approximate surface area is 138 Å². The number of methoxy groups -OCH3 is 1. The summed E-state index contributed by atoms with van der Waals surface area (Å²) in [6.07, 6.45) is 1.84. The van der Waals surface area contributed by atoms with Crippen molar-refractivity contribution in [3.8, 4) is 16.3 Å². The van der Waals surface area contributed by atoms with Gasteiger partial charge in [0.05, 0.1) is 33.9 Å². The Morgan fingerprint density at radius 1 is 1.26 bits per heavy atom. The quantitative estimate of drug-likeness (QED) is 0.791. The van der Waals surface area contributed by atoms with E-state index in [1.54, 1.807) is 18.4 Å². The van der Waals surface area contributed by atoms with Gasteiger partial charge < -0.3 is 10.1 Å². The van der Waals surface area contributed by atoms with Crippen LogP contribution in [0.15, 0.2) is 24.4 Å². The van der Waals surface area contributed by atoms with Crippen molar-refractivity contribution < 1.29 is 9.53 Å². The van der Waals surface area contributed by atoms with E-state index < -0.39 is 0 Å². The monoisotopic (exact) mass is 327 g/mol. The number of ether oxygens (including phenoxy) is 1. The predicted molar refractivity (Wildman–Crippen MR) is 93.2 cm³/mol. The van der Waals surface area contributed by atoms with E-state index in [9.17, 15) is 4.79 Å². The minimum atomic E-state index is -0.134. The van der Waals surface area contributed by atoms with Crippen LogP contribution in [0.1, 0.15) is 17.5 Å². The fourth-order valence-corrected chi connectivity index (χ4v) is 3.22. The van der Waals surface area contributed by atoms with Crippen molar-refractivity contribution in [2.45, 2.75) is 20.8 Å². The number of carbonyl (C=O) groups is 1. The number of aryl methyl sites for hydroxylation is 2. The number of thiazole rings is 1. The molecule has 1 aromatic carbocycles. The Morgan fingerprint density at radius 2 is 2.04 bits per heavy atom. The van der Waals surface area contributed by atoms with E-state index in [4.69, 9.17) is 9.72 Å². The molecule has 2 aromatic heterocycles. The summed E-state index contributed by atoms with van der Waals surface area (Å²) in [6.45, 7) is 5.49. The number of aromatic nitrogens is 2. The largest absolute Gasteiger partial charge is 0.494 e. The summed E-state index contributed by atoms with van der Waals surface area (Å²) in [5, 5.41) is 4.79. The second kappa shape index (κ2) is 5.96. The van der Waals surface area contributed by atoms with Gasteiger partial charge in [0.25, 0.3) is 0 Å². The Morgan fingerprint density at radius 3 is 2.65 bits per heavy atom. The van der Waals surface area contributed by atoms with E-state index in [0.717, 1.165) is 32.0 Å². The van der Waals surface area contributed by atoms with Gasteiger partial charge in [0.1, 0.15) is 5.75 Å². The molecule has 118 valence electrons. The fourth-order valence-electron chi connectivity index (χ4n) is 2.48. The summed E-state index contributed by atoms with van der Waals surface area (Å²) < 4.78 is 5.38. The van der Waals surface area contributed by atoms with Crippen molar-refractivity contribution in [1.29, 1.82) is 0 Å². The smallest absolute Gasteiger partial charge is 0.221 e. The fraction of sp³-hybridized carbons (Fsp3) is 0.235. The second-order valence-corrected chi connectivity index (χ2v) is 6.55. The van der Waals surface area contributed by atoms with Gasteiger partial charge in [0, 0.05) is 24.6 Å². The maximum absolute atomic E-state index is 11.4. The van der Waals surface area contributed by atoms with E-state index in [-0.39, 0.29) is 5.91 Å². The molecule has 0 fully saturated rings. The van der Waals surface area contributed by atoms with Crippen LogP contribution < -0.4 is 10.1 Å². The minimum absolute atomic E-state index is 0.134. The molecular weight excluding hydrogens is 310 g/mol. The molecule has 0 unspecified atom stereocenters. The van der Waals surface area contributed by atoms with Crippen LogP contribution in [-0.4, -0.2) is 23.0 Å². The Bertz CT molecular complexity index is 902. The zero-order valence-corrected chi connectivity index (χ0v) is 14.2. The number of nitrogens with zero attached hydrogens (tertiary/aromatic N) is 2. The van der Waals surface area contributed by atoms with Gasteiger partial charge in [-0.1, -0.05) is 0 Å². The predicted octanol–water partition coefficient (Wildman–Crippen LogP) is 3.94. The van der Waals surface area contributed by atoms with Gasteiger partial charge >= 0.3 is 0 Å². The summed E-state index contributed by atoms with van der Waals surface area (Å²) in [5.41, 5.74) is 3.47. The van der Waals surface area contributed by atoms with Crippen LogP contribution >= 0.6 is 11.3 Å². The summed E-state index contributed by atoms with van der Waals surface area (Å²) in [4.78, 5) is 21.4. The number of nitrogens with one attached hydrogen (secondary N) is 1. The molecule has 0 spiro atoms. The van der Waals surface area contributed by atoms with Gasteiger partial charge in [-0.2, -0.15) is 0 Å². The first-order valence-corrected chi connectivity index (χ1v) is 7.99. The number of fused-ring (bicyclic) bond motifs is 1. The molecule has 0 saturated carbocycles. The highest BCUT2D eigenvalue weighted by Gasteiger charge is 2.12. The zero-order valence-electron chi connectivity index (χ0n) is 13.4. The molecule has 0 aliphatic heterocycles. The van der Waals surface area contributed by atoms with Crippen LogP contribution in [0.5, 0.6) is 5.75 Å². The number of hydrogen-bond acceptors (Lipinski definition) is 5. The SMILES string of the molecule is COc1cc2nc(-c3cnc(C)s3)cc(C)c2cc1NC(C)=O. The maximum atomic E-state index is 11.4. The summed E-state index contributed by atoms with van der Waals surface area (Å²) in [7, 11) is 1.58. The molecule has 3 rings (SSSR count). The van der Waals surface area contributed by atoms with Crippen LogP contribution in [0.25, 0.3) is 21.5 Å². The maximum Gasteiger partial charge on any atom is 0.221 e. The molecule has 0 atom stereocenters. The van der Waals surface area contributed by atoms with Crippen LogP contribution in [0, 0.1) is 13.8 Å². The molecule has 1 amide bonds. The molecule has 23 heavy (non-hydrogen) atoms. The Balaban J connectivity index is 2.18. The van der Waals surface area contributed by atoms with Crippen molar-refractivity contribution in [1.82, 2.24) is 9.97 Å². The number of amides is 1. The van der Waals surface area contributed by atoms with Gasteiger partial charge in [0.15, 0.2) is 0 Å². The zero-order chi connectivity index (χ0) is 16.6. The molecule has 1 N–H and O–H groups in total. The first-order valence-electron chi connectivity index (χ1n) is 7.17. The molecule has 6 heteroatoms. The number of pyridine rings is 1. The minimum Gasteiger partial charge on any atom is -0.494 e. The molecule has 0 aliphatic rings. The van der Waals surface area contributed by atoms with Gasteiger partial charge in [-0.25, -0.2) is 9.97 Å². The number of benzene rings is 1. The topological polar surface area (TPSA) is 64.1 Å². The Kier molecular flexibility index (Phi) is 4.00. The van der Waals surface area contributed by atoms with Crippen LogP contribution in [0.3, 0.4) is 0 Å². The van der Waals surface area contributed by atoms with Crippen molar-refractivity contribution in [3.63, 3.8) is 0 Å². The summed E-state index contributed by atoms with van der Waals surface area (Å²) in [6, 6.07) is 5.80. The molecule has 0 radical (unpaired) electrons. The summed E-state index contributed by atoms with van der Waals surface area (Å²) in [5.74, 6) is 0.460. The lowest BCUT2D eigenvalue weighted by molar-refractivity contribution is -0.114. The first-order chi connectivity index (χ1) is 11.0. The molecule has 3 aromatic rings. The van der Waals surface area contributed by atoms with Crippen LogP contribution in [-0.2, 0) is 4.79 Å². The average Bonchev–Trinajstić information content (AvgIpc) is 2.93. The standard InChI is InChI=1S/C17H17N3O2S/c1-9-5-15(17-8-18-11(3)23-17)20-13-7-16(22-4)14(6-12(9)13)19-10(2)21/h5-8H,1-4H3,(H,19,21).